The van der Waals surface area contributed by atoms with Gasteiger partial charge in [0.15, 0.2) is 9.84 Å². The van der Waals surface area contributed by atoms with Crippen LogP contribution in [0.25, 0.3) is 0 Å². The number of benzene rings is 1. The van der Waals surface area contributed by atoms with Crippen molar-refractivity contribution in [3.63, 3.8) is 0 Å². The summed E-state index contributed by atoms with van der Waals surface area (Å²) in [6, 6.07) is 5.49. The molecule has 0 atom stereocenters. The van der Waals surface area contributed by atoms with E-state index in [2.05, 4.69) is 10.2 Å². The molecule has 12 heteroatoms. The summed E-state index contributed by atoms with van der Waals surface area (Å²) in [6.45, 7) is 2.98. The van der Waals surface area contributed by atoms with E-state index in [1.54, 1.807) is 6.92 Å². The third-order valence-electron chi connectivity index (χ3n) is 3.95. The SMILES string of the molecule is CCn1c(O)c(/N=N/c2ccc(S(C)(=O)=O)cc2)c(C)c(CS(=O)(=O)O)c1=O. The Labute approximate surface area is 161 Å². The molecule has 0 saturated carbocycles. The Hall–Kier alpha value is -2.57. The number of nitrogens with zero attached hydrogens (tertiary/aromatic N) is 3. The minimum Gasteiger partial charge on any atom is -0.493 e. The molecule has 0 unspecified atom stereocenters. The normalized spacial score (nSPS) is 12.6. The lowest BCUT2D eigenvalue weighted by Crippen LogP contribution is -2.26. The van der Waals surface area contributed by atoms with Gasteiger partial charge in [-0.15, -0.1) is 5.11 Å². The van der Waals surface area contributed by atoms with Crippen LogP contribution in [0.3, 0.4) is 0 Å². The van der Waals surface area contributed by atoms with Gasteiger partial charge < -0.3 is 5.11 Å². The zero-order valence-electron chi connectivity index (χ0n) is 15.3. The van der Waals surface area contributed by atoms with Crippen molar-refractivity contribution in [2.45, 2.75) is 31.0 Å². The first kappa shape index (κ1) is 21.7. The lowest BCUT2D eigenvalue weighted by molar-refractivity contribution is 0.411. The van der Waals surface area contributed by atoms with Crippen LogP contribution in [-0.4, -0.2) is 37.3 Å². The Morgan fingerprint density at radius 3 is 2.11 bits per heavy atom. The Morgan fingerprint density at radius 2 is 1.64 bits per heavy atom. The van der Waals surface area contributed by atoms with Gasteiger partial charge >= 0.3 is 0 Å². The second kappa shape index (κ2) is 7.81. The first-order valence-corrected chi connectivity index (χ1v) is 11.5. The Bertz CT molecular complexity index is 1200. The predicted molar refractivity (Wildman–Crippen MR) is 102 cm³/mol. The Kier molecular flexibility index (Phi) is 6.06. The molecule has 0 aliphatic carbocycles. The minimum atomic E-state index is -4.49. The fraction of sp³-hybridized carbons (Fsp3) is 0.312. The molecule has 0 amide bonds. The highest BCUT2D eigenvalue weighted by molar-refractivity contribution is 7.90. The third-order valence-corrected chi connectivity index (χ3v) is 5.73. The zero-order chi connectivity index (χ0) is 21.3. The zero-order valence-corrected chi connectivity index (χ0v) is 17.0. The highest BCUT2D eigenvalue weighted by Crippen LogP contribution is 2.33. The molecule has 10 nitrogen and oxygen atoms in total. The van der Waals surface area contributed by atoms with Gasteiger partial charge in [-0.25, -0.2) is 8.42 Å². The van der Waals surface area contributed by atoms with Crippen molar-refractivity contribution in [3.05, 3.63) is 45.7 Å². The number of aromatic nitrogens is 1. The molecule has 28 heavy (non-hydrogen) atoms. The maximum Gasteiger partial charge on any atom is 0.269 e. The van der Waals surface area contributed by atoms with Crippen molar-refractivity contribution >= 4 is 31.3 Å². The number of sulfone groups is 1. The average Bonchev–Trinajstić information content (AvgIpc) is 2.58. The summed E-state index contributed by atoms with van der Waals surface area (Å²) in [5, 5.41) is 18.1. The maximum atomic E-state index is 12.4. The number of hydrogen-bond donors (Lipinski definition) is 2. The van der Waals surface area contributed by atoms with Gasteiger partial charge in [0.2, 0.25) is 5.88 Å². The van der Waals surface area contributed by atoms with Gasteiger partial charge in [0.25, 0.3) is 15.7 Å². The molecule has 2 N–H and O–H groups in total. The van der Waals surface area contributed by atoms with Crippen LogP contribution in [0.4, 0.5) is 11.4 Å². The second-order valence-electron chi connectivity index (χ2n) is 6.02. The van der Waals surface area contributed by atoms with Crippen molar-refractivity contribution in [2.24, 2.45) is 10.2 Å². The molecule has 2 aromatic rings. The summed E-state index contributed by atoms with van der Waals surface area (Å²) >= 11 is 0. The lowest BCUT2D eigenvalue weighted by Gasteiger charge is -2.13. The van der Waals surface area contributed by atoms with E-state index in [4.69, 9.17) is 4.55 Å². The van der Waals surface area contributed by atoms with Crippen LogP contribution in [0.1, 0.15) is 18.1 Å². The average molecular weight is 429 g/mol. The molecule has 0 aliphatic rings. The van der Waals surface area contributed by atoms with Gasteiger partial charge in [-0.2, -0.15) is 13.5 Å². The molecular weight excluding hydrogens is 410 g/mol. The Morgan fingerprint density at radius 1 is 1.07 bits per heavy atom. The summed E-state index contributed by atoms with van der Waals surface area (Å²) in [4.78, 5) is 12.5. The van der Waals surface area contributed by atoms with Crippen molar-refractivity contribution in [1.82, 2.24) is 4.57 Å². The van der Waals surface area contributed by atoms with Gasteiger partial charge in [0, 0.05) is 18.4 Å². The van der Waals surface area contributed by atoms with Gasteiger partial charge in [0.1, 0.15) is 11.4 Å². The number of rotatable bonds is 6. The van der Waals surface area contributed by atoms with E-state index in [9.17, 15) is 26.7 Å². The van der Waals surface area contributed by atoms with Crippen molar-refractivity contribution in [2.75, 3.05) is 6.26 Å². The Balaban J connectivity index is 2.57. The lowest BCUT2D eigenvalue weighted by atomic mass is 10.1. The van der Waals surface area contributed by atoms with Crippen molar-refractivity contribution < 1.29 is 26.5 Å². The van der Waals surface area contributed by atoms with E-state index in [0.29, 0.717) is 0 Å². The fourth-order valence-corrected chi connectivity index (χ4v) is 3.83. The predicted octanol–water partition coefficient (Wildman–Crippen LogP) is 2.09. The monoisotopic (exact) mass is 429 g/mol. The second-order valence-corrected chi connectivity index (χ2v) is 9.49. The summed E-state index contributed by atoms with van der Waals surface area (Å²) in [5.74, 6) is -1.43. The molecule has 0 saturated heterocycles. The molecule has 0 spiro atoms. The van der Waals surface area contributed by atoms with Crippen LogP contribution in [0, 0.1) is 6.92 Å². The van der Waals surface area contributed by atoms with Gasteiger partial charge in [0.05, 0.1) is 10.6 Å². The number of aromatic hydroxyl groups is 1. The van der Waals surface area contributed by atoms with Crippen LogP contribution in [-0.2, 0) is 32.3 Å². The quantitative estimate of drug-likeness (QED) is 0.526. The largest absolute Gasteiger partial charge is 0.493 e. The number of azo groups is 1. The van der Waals surface area contributed by atoms with E-state index in [1.165, 1.54) is 31.2 Å². The number of pyridine rings is 1. The molecule has 0 bridgehead atoms. The standard InChI is InChI=1S/C16H19N3O7S2/c1-4-19-15(20)13(9-28(24,25)26)10(2)14(16(19)21)18-17-11-5-7-12(8-6-11)27(3,22)23/h5-8,21H,4,9H2,1-3H3,(H,24,25,26)/b18-17+. The molecule has 1 aromatic heterocycles. The third kappa shape index (κ3) is 4.82. The van der Waals surface area contributed by atoms with Crippen LogP contribution < -0.4 is 5.56 Å². The van der Waals surface area contributed by atoms with E-state index in [0.717, 1.165) is 10.8 Å². The van der Waals surface area contributed by atoms with E-state index >= 15 is 0 Å². The highest BCUT2D eigenvalue weighted by atomic mass is 32.2. The maximum absolute atomic E-state index is 12.4. The molecule has 2 rings (SSSR count). The summed E-state index contributed by atoms with van der Waals surface area (Å²) in [7, 11) is -7.85. The first-order valence-electron chi connectivity index (χ1n) is 7.97. The van der Waals surface area contributed by atoms with Crippen LogP contribution >= 0.6 is 0 Å². The van der Waals surface area contributed by atoms with E-state index in [1.807, 2.05) is 0 Å². The van der Waals surface area contributed by atoms with Crippen molar-refractivity contribution in [3.8, 4) is 5.88 Å². The summed E-state index contributed by atoms with van der Waals surface area (Å²) in [5.41, 5.74) is -0.791. The molecule has 0 fully saturated rings. The van der Waals surface area contributed by atoms with Gasteiger partial charge in [-0.05, 0) is 43.7 Å². The van der Waals surface area contributed by atoms with Crippen LogP contribution in [0.5, 0.6) is 5.88 Å². The molecule has 0 radical (unpaired) electrons. The molecule has 1 heterocycles. The summed E-state index contributed by atoms with van der Waals surface area (Å²) < 4.78 is 55.4. The van der Waals surface area contributed by atoms with E-state index in [-0.39, 0.29) is 33.9 Å². The minimum absolute atomic E-state index is 0.0367. The van der Waals surface area contributed by atoms with Gasteiger partial charge in [-0.3, -0.25) is 13.9 Å². The number of hydrogen-bond acceptors (Lipinski definition) is 8. The van der Waals surface area contributed by atoms with Crippen molar-refractivity contribution in [1.29, 1.82) is 0 Å². The summed E-state index contributed by atoms with van der Waals surface area (Å²) in [6.07, 6.45) is 1.07. The molecule has 152 valence electrons. The van der Waals surface area contributed by atoms with E-state index < -0.39 is 37.1 Å². The highest BCUT2D eigenvalue weighted by Gasteiger charge is 2.22. The fourth-order valence-electron chi connectivity index (χ4n) is 2.49. The van der Waals surface area contributed by atoms with Crippen LogP contribution in [0.2, 0.25) is 0 Å². The topological polar surface area (TPSA) is 155 Å². The first-order chi connectivity index (χ1) is 12.8. The molecule has 1 aromatic carbocycles. The molecule has 0 aliphatic heterocycles. The smallest absolute Gasteiger partial charge is 0.269 e. The van der Waals surface area contributed by atoms with Gasteiger partial charge in [-0.1, -0.05) is 0 Å². The molecular formula is C16H19N3O7S2. The van der Waals surface area contributed by atoms with Crippen LogP contribution in [0.15, 0.2) is 44.2 Å².